The summed E-state index contributed by atoms with van der Waals surface area (Å²) in [5.41, 5.74) is 0.793. The maximum absolute atomic E-state index is 12.0. The molecule has 0 unspecified atom stereocenters. The van der Waals surface area contributed by atoms with Crippen molar-refractivity contribution in [3.05, 3.63) is 30.3 Å². The van der Waals surface area contributed by atoms with Crippen LogP contribution in [0.2, 0.25) is 0 Å². The minimum Gasteiger partial charge on any atom is -0.359 e. The molecule has 0 aromatic heterocycles. The Labute approximate surface area is 113 Å². The van der Waals surface area contributed by atoms with E-state index in [4.69, 9.17) is 0 Å². The largest absolute Gasteiger partial charge is 0.359 e. The van der Waals surface area contributed by atoms with Crippen LogP contribution in [0.5, 0.6) is 0 Å². The van der Waals surface area contributed by atoms with Crippen LogP contribution >= 0.6 is 0 Å². The molecule has 1 fully saturated rings. The molecule has 0 atom stereocenters. The Morgan fingerprint density at radius 2 is 1.79 bits per heavy atom. The number of urea groups is 1. The summed E-state index contributed by atoms with van der Waals surface area (Å²) < 4.78 is 0. The highest BCUT2D eigenvalue weighted by molar-refractivity contribution is 5.89. The molecule has 1 heterocycles. The minimum atomic E-state index is -0.0958. The lowest BCUT2D eigenvalue weighted by Gasteiger charge is -2.31. The maximum Gasteiger partial charge on any atom is 0.321 e. The predicted octanol–water partition coefficient (Wildman–Crippen LogP) is 1.68. The average molecular weight is 261 g/mol. The summed E-state index contributed by atoms with van der Waals surface area (Å²) in [5.74, 6) is 0.105. The summed E-state index contributed by atoms with van der Waals surface area (Å²) in [6.07, 6.45) is 1.45. The molecule has 0 bridgehead atoms. The van der Waals surface area contributed by atoms with Crippen LogP contribution in [0.25, 0.3) is 0 Å². The van der Waals surface area contributed by atoms with Crippen LogP contribution in [0.4, 0.5) is 10.5 Å². The highest BCUT2D eigenvalue weighted by Crippen LogP contribution is 2.18. The number of para-hydroxylation sites is 1. The lowest BCUT2D eigenvalue weighted by molar-refractivity contribution is -0.125. The third kappa shape index (κ3) is 3.47. The van der Waals surface area contributed by atoms with E-state index in [0.717, 1.165) is 18.5 Å². The highest BCUT2D eigenvalue weighted by Gasteiger charge is 2.26. The fourth-order valence-electron chi connectivity index (χ4n) is 2.27. The second-order valence-electron chi connectivity index (χ2n) is 4.67. The molecular formula is C14H19N3O2. The Morgan fingerprint density at radius 3 is 2.37 bits per heavy atom. The first-order valence-electron chi connectivity index (χ1n) is 6.53. The molecule has 2 N–H and O–H groups in total. The van der Waals surface area contributed by atoms with Gasteiger partial charge in [-0.2, -0.15) is 0 Å². The number of amides is 3. The standard InChI is InChI=1S/C14H19N3O2/c1-15-13(18)11-7-9-17(10-8-11)14(19)16-12-5-3-2-4-6-12/h2-6,11H,7-10H2,1H3,(H,15,18)(H,16,19). The van der Waals surface area contributed by atoms with E-state index in [1.807, 2.05) is 30.3 Å². The minimum absolute atomic E-state index is 0.0331. The fourth-order valence-corrected chi connectivity index (χ4v) is 2.27. The number of anilines is 1. The van der Waals surface area contributed by atoms with E-state index in [1.165, 1.54) is 0 Å². The molecule has 5 nitrogen and oxygen atoms in total. The topological polar surface area (TPSA) is 61.4 Å². The van der Waals surface area contributed by atoms with Crippen LogP contribution in [0, 0.1) is 5.92 Å². The van der Waals surface area contributed by atoms with E-state index < -0.39 is 0 Å². The monoisotopic (exact) mass is 261 g/mol. The van der Waals surface area contributed by atoms with Crippen molar-refractivity contribution in [1.82, 2.24) is 10.2 Å². The summed E-state index contributed by atoms with van der Waals surface area (Å²) in [4.78, 5) is 25.3. The van der Waals surface area contributed by atoms with Crippen LogP contribution in [0.15, 0.2) is 30.3 Å². The van der Waals surface area contributed by atoms with Crippen molar-refractivity contribution in [2.24, 2.45) is 5.92 Å². The molecule has 1 saturated heterocycles. The third-order valence-corrected chi connectivity index (χ3v) is 3.42. The zero-order valence-corrected chi connectivity index (χ0v) is 11.1. The second kappa shape index (κ2) is 6.22. The molecule has 1 aromatic carbocycles. The molecule has 5 heteroatoms. The quantitative estimate of drug-likeness (QED) is 0.850. The lowest BCUT2D eigenvalue weighted by atomic mass is 9.96. The molecule has 2 rings (SSSR count). The smallest absolute Gasteiger partial charge is 0.321 e. The normalized spacial score (nSPS) is 15.9. The highest BCUT2D eigenvalue weighted by atomic mass is 16.2. The van der Waals surface area contributed by atoms with Gasteiger partial charge in [-0.3, -0.25) is 4.79 Å². The number of carbonyl (C=O) groups excluding carboxylic acids is 2. The van der Waals surface area contributed by atoms with Crippen molar-refractivity contribution in [3.63, 3.8) is 0 Å². The Balaban J connectivity index is 1.84. The fraction of sp³-hybridized carbons (Fsp3) is 0.429. The van der Waals surface area contributed by atoms with E-state index >= 15 is 0 Å². The first kappa shape index (κ1) is 13.4. The van der Waals surface area contributed by atoms with Gasteiger partial charge in [0.1, 0.15) is 0 Å². The second-order valence-corrected chi connectivity index (χ2v) is 4.67. The van der Waals surface area contributed by atoms with E-state index in [9.17, 15) is 9.59 Å². The number of hydrogen-bond donors (Lipinski definition) is 2. The SMILES string of the molecule is CNC(=O)C1CCN(C(=O)Nc2ccccc2)CC1. The molecule has 1 aliphatic rings. The van der Waals surface area contributed by atoms with Crippen molar-refractivity contribution in [2.75, 3.05) is 25.5 Å². The van der Waals surface area contributed by atoms with Crippen LogP contribution in [-0.4, -0.2) is 37.0 Å². The van der Waals surface area contributed by atoms with Crippen LogP contribution < -0.4 is 10.6 Å². The Morgan fingerprint density at radius 1 is 1.16 bits per heavy atom. The van der Waals surface area contributed by atoms with E-state index in [1.54, 1.807) is 11.9 Å². The van der Waals surface area contributed by atoms with Crippen molar-refractivity contribution >= 4 is 17.6 Å². The van der Waals surface area contributed by atoms with E-state index in [2.05, 4.69) is 10.6 Å². The van der Waals surface area contributed by atoms with Gasteiger partial charge in [-0.1, -0.05) is 18.2 Å². The van der Waals surface area contributed by atoms with Gasteiger partial charge in [-0.15, -0.1) is 0 Å². The van der Waals surface area contributed by atoms with Gasteiger partial charge in [0.15, 0.2) is 0 Å². The number of carbonyl (C=O) groups is 2. The molecule has 0 aliphatic carbocycles. The van der Waals surface area contributed by atoms with Gasteiger partial charge < -0.3 is 15.5 Å². The van der Waals surface area contributed by atoms with Gasteiger partial charge in [0.25, 0.3) is 0 Å². The summed E-state index contributed by atoms with van der Waals surface area (Å²) in [6.45, 7) is 1.24. The van der Waals surface area contributed by atoms with Crippen LogP contribution in [0.3, 0.4) is 0 Å². The third-order valence-electron chi connectivity index (χ3n) is 3.42. The number of likely N-dealkylation sites (tertiary alicyclic amines) is 1. The van der Waals surface area contributed by atoms with Gasteiger partial charge >= 0.3 is 6.03 Å². The Kier molecular flexibility index (Phi) is 4.39. The van der Waals surface area contributed by atoms with E-state index in [-0.39, 0.29) is 17.9 Å². The van der Waals surface area contributed by atoms with Crippen LogP contribution in [-0.2, 0) is 4.79 Å². The van der Waals surface area contributed by atoms with Crippen molar-refractivity contribution in [2.45, 2.75) is 12.8 Å². The average Bonchev–Trinajstić information content (AvgIpc) is 2.47. The van der Waals surface area contributed by atoms with Gasteiger partial charge in [-0.05, 0) is 25.0 Å². The van der Waals surface area contributed by atoms with Gasteiger partial charge in [0.05, 0.1) is 0 Å². The molecule has 0 radical (unpaired) electrons. The molecule has 19 heavy (non-hydrogen) atoms. The van der Waals surface area contributed by atoms with Crippen LogP contribution in [0.1, 0.15) is 12.8 Å². The summed E-state index contributed by atoms with van der Waals surface area (Å²) in [6, 6.07) is 9.29. The van der Waals surface area contributed by atoms with E-state index in [0.29, 0.717) is 13.1 Å². The predicted molar refractivity (Wildman–Crippen MR) is 73.8 cm³/mol. The summed E-state index contributed by atoms with van der Waals surface area (Å²) in [5, 5.41) is 5.52. The van der Waals surface area contributed by atoms with Gasteiger partial charge in [0.2, 0.25) is 5.91 Å². The molecule has 1 aromatic rings. The van der Waals surface area contributed by atoms with Gasteiger partial charge in [0, 0.05) is 31.7 Å². The Hall–Kier alpha value is -2.04. The number of benzene rings is 1. The first-order valence-corrected chi connectivity index (χ1v) is 6.53. The number of hydrogen-bond acceptors (Lipinski definition) is 2. The van der Waals surface area contributed by atoms with Crippen molar-refractivity contribution in [1.29, 1.82) is 0 Å². The summed E-state index contributed by atoms with van der Waals surface area (Å²) in [7, 11) is 1.65. The first-order chi connectivity index (χ1) is 9.20. The molecule has 0 saturated carbocycles. The molecule has 102 valence electrons. The molecular weight excluding hydrogens is 242 g/mol. The molecule has 1 aliphatic heterocycles. The van der Waals surface area contributed by atoms with Crippen molar-refractivity contribution < 1.29 is 9.59 Å². The Bertz CT molecular complexity index is 439. The lowest BCUT2D eigenvalue weighted by Crippen LogP contribution is -2.44. The van der Waals surface area contributed by atoms with Crippen molar-refractivity contribution in [3.8, 4) is 0 Å². The molecule has 3 amide bonds. The summed E-state index contributed by atoms with van der Waals surface area (Å²) >= 11 is 0. The zero-order chi connectivity index (χ0) is 13.7. The molecule has 0 spiro atoms. The van der Waals surface area contributed by atoms with Gasteiger partial charge in [-0.25, -0.2) is 4.79 Å². The number of rotatable bonds is 2. The number of nitrogens with zero attached hydrogens (tertiary/aromatic N) is 1. The zero-order valence-electron chi connectivity index (χ0n) is 11.1. The maximum atomic E-state index is 12.0. The number of piperidine rings is 1. The number of nitrogens with one attached hydrogen (secondary N) is 2.